The Morgan fingerprint density at radius 2 is 0.811 bits per heavy atom. The van der Waals surface area contributed by atoms with Gasteiger partial charge in [0.1, 0.15) is 0 Å². The minimum absolute atomic E-state index is 0.717. The summed E-state index contributed by atoms with van der Waals surface area (Å²) in [6, 6.07) is 67.4. The van der Waals surface area contributed by atoms with Crippen molar-refractivity contribution < 1.29 is 0 Å². The first-order valence-corrected chi connectivity index (χ1v) is 18.1. The van der Waals surface area contributed by atoms with Crippen molar-refractivity contribution >= 4 is 64.9 Å². The number of fused-ring (bicyclic) bond motifs is 9. The molecule has 11 aromatic rings. The van der Waals surface area contributed by atoms with Gasteiger partial charge in [-0.2, -0.15) is 0 Å². The van der Waals surface area contributed by atoms with Crippen molar-refractivity contribution in [3.8, 4) is 39.6 Å². The van der Waals surface area contributed by atoms with Gasteiger partial charge in [-0.3, -0.25) is 0 Å². The standard InChI is InChI=1S/C50H31N3/c1-2-13-35(14-3-1)44-31-45(52-50(51-44)40-21-18-32-10-4-5-15-36(32)29-40)39-20-19-38-30-41(25-22-37(38)28-39)53-46-26-23-33-11-6-8-16-42(33)48(46)49-43-17-9-7-12-34(43)24-27-47(49)53/h1-31H. The van der Waals surface area contributed by atoms with Gasteiger partial charge in [-0.25, -0.2) is 9.97 Å². The fourth-order valence-corrected chi connectivity index (χ4v) is 8.17. The van der Waals surface area contributed by atoms with Gasteiger partial charge in [-0.05, 0) is 85.6 Å². The quantitative estimate of drug-likeness (QED) is 0.186. The number of aromatic nitrogens is 3. The third kappa shape index (κ3) is 4.82. The molecule has 246 valence electrons. The molecule has 0 bridgehead atoms. The van der Waals surface area contributed by atoms with Crippen LogP contribution in [0.3, 0.4) is 0 Å². The summed E-state index contributed by atoms with van der Waals surface area (Å²) in [6.45, 7) is 0. The molecule has 0 spiro atoms. The summed E-state index contributed by atoms with van der Waals surface area (Å²) in [6.07, 6.45) is 0. The zero-order chi connectivity index (χ0) is 34.9. The van der Waals surface area contributed by atoms with Crippen LogP contribution in [0, 0.1) is 0 Å². The van der Waals surface area contributed by atoms with E-state index in [0.717, 1.165) is 39.2 Å². The van der Waals surface area contributed by atoms with E-state index in [9.17, 15) is 0 Å². The Labute approximate surface area is 306 Å². The summed E-state index contributed by atoms with van der Waals surface area (Å²) in [7, 11) is 0. The topological polar surface area (TPSA) is 30.7 Å². The molecule has 0 saturated heterocycles. The van der Waals surface area contributed by atoms with E-state index >= 15 is 0 Å². The van der Waals surface area contributed by atoms with Crippen molar-refractivity contribution in [2.75, 3.05) is 0 Å². The lowest BCUT2D eigenvalue weighted by molar-refractivity contribution is 1.18. The van der Waals surface area contributed by atoms with E-state index < -0.39 is 0 Å². The molecule has 11 rings (SSSR count). The summed E-state index contributed by atoms with van der Waals surface area (Å²) in [5, 5.41) is 12.4. The van der Waals surface area contributed by atoms with Gasteiger partial charge in [0.25, 0.3) is 0 Å². The van der Waals surface area contributed by atoms with Gasteiger partial charge in [0.05, 0.1) is 22.4 Å². The molecule has 3 heteroatoms. The predicted octanol–water partition coefficient (Wildman–Crippen LogP) is 13.2. The van der Waals surface area contributed by atoms with Crippen LogP contribution < -0.4 is 0 Å². The maximum Gasteiger partial charge on any atom is 0.160 e. The van der Waals surface area contributed by atoms with Crippen LogP contribution in [-0.4, -0.2) is 14.5 Å². The summed E-state index contributed by atoms with van der Waals surface area (Å²) >= 11 is 0. The van der Waals surface area contributed by atoms with Crippen molar-refractivity contribution in [3.05, 3.63) is 188 Å². The molecule has 0 aliphatic carbocycles. The Kier molecular flexibility index (Phi) is 6.55. The number of benzene rings is 9. The Morgan fingerprint density at radius 3 is 1.53 bits per heavy atom. The van der Waals surface area contributed by atoms with Gasteiger partial charge < -0.3 is 4.57 Å². The van der Waals surface area contributed by atoms with Crippen molar-refractivity contribution in [2.24, 2.45) is 0 Å². The van der Waals surface area contributed by atoms with Crippen LogP contribution in [0.2, 0.25) is 0 Å². The van der Waals surface area contributed by atoms with E-state index in [1.165, 1.54) is 59.5 Å². The summed E-state index contributed by atoms with van der Waals surface area (Å²) in [4.78, 5) is 10.3. The van der Waals surface area contributed by atoms with E-state index in [0.29, 0.717) is 5.82 Å². The Hall–Kier alpha value is -7.10. The molecule has 0 amide bonds. The van der Waals surface area contributed by atoms with Gasteiger partial charge in [0.2, 0.25) is 0 Å². The third-order valence-corrected chi connectivity index (χ3v) is 10.7. The lowest BCUT2D eigenvalue weighted by Gasteiger charge is -2.12. The number of rotatable bonds is 4. The van der Waals surface area contributed by atoms with Gasteiger partial charge in [-0.15, -0.1) is 0 Å². The highest BCUT2D eigenvalue weighted by atomic mass is 15.0. The molecule has 0 N–H and O–H groups in total. The minimum Gasteiger partial charge on any atom is -0.309 e. The third-order valence-electron chi connectivity index (χ3n) is 10.7. The van der Waals surface area contributed by atoms with Crippen LogP contribution in [-0.2, 0) is 0 Å². The van der Waals surface area contributed by atoms with E-state index in [-0.39, 0.29) is 0 Å². The monoisotopic (exact) mass is 673 g/mol. The summed E-state index contributed by atoms with van der Waals surface area (Å²) in [5.41, 5.74) is 8.48. The lowest BCUT2D eigenvalue weighted by atomic mass is 10.00. The molecule has 0 fully saturated rings. The van der Waals surface area contributed by atoms with E-state index in [4.69, 9.17) is 9.97 Å². The van der Waals surface area contributed by atoms with Gasteiger partial charge >= 0.3 is 0 Å². The Bertz CT molecular complexity index is 3140. The van der Waals surface area contributed by atoms with Crippen LogP contribution in [0.4, 0.5) is 0 Å². The fourth-order valence-electron chi connectivity index (χ4n) is 8.17. The van der Waals surface area contributed by atoms with Gasteiger partial charge in [-0.1, -0.05) is 146 Å². The molecule has 0 aliphatic heterocycles. The highest BCUT2D eigenvalue weighted by Gasteiger charge is 2.18. The van der Waals surface area contributed by atoms with E-state index in [1.54, 1.807) is 0 Å². The van der Waals surface area contributed by atoms with Gasteiger partial charge in [0.15, 0.2) is 5.82 Å². The number of nitrogens with zero attached hydrogens (tertiary/aromatic N) is 3. The predicted molar refractivity (Wildman–Crippen MR) is 223 cm³/mol. The van der Waals surface area contributed by atoms with Crippen LogP contribution in [0.1, 0.15) is 0 Å². The molecule has 0 aliphatic rings. The molecule has 0 radical (unpaired) electrons. The van der Waals surface area contributed by atoms with Crippen molar-refractivity contribution in [1.29, 1.82) is 0 Å². The lowest BCUT2D eigenvalue weighted by Crippen LogP contribution is -1.96. The van der Waals surface area contributed by atoms with Crippen LogP contribution in [0.5, 0.6) is 0 Å². The van der Waals surface area contributed by atoms with Crippen LogP contribution in [0.15, 0.2) is 188 Å². The maximum absolute atomic E-state index is 5.17. The highest BCUT2D eigenvalue weighted by Crippen LogP contribution is 2.41. The molecule has 53 heavy (non-hydrogen) atoms. The second-order valence-corrected chi connectivity index (χ2v) is 13.8. The smallest absolute Gasteiger partial charge is 0.160 e. The summed E-state index contributed by atoms with van der Waals surface area (Å²) < 4.78 is 2.43. The molecular formula is C50H31N3. The maximum atomic E-state index is 5.17. The Morgan fingerprint density at radius 1 is 0.321 bits per heavy atom. The van der Waals surface area contributed by atoms with Crippen LogP contribution in [0.25, 0.3) is 104 Å². The highest BCUT2D eigenvalue weighted by molar-refractivity contribution is 6.28. The fraction of sp³-hybridized carbons (Fsp3) is 0. The SMILES string of the molecule is c1ccc(-c2cc(-c3ccc4cc(-n5c6ccc7ccccc7c6c6c7ccccc7ccc65)ccc4c3)nc(-c3ccc4ccccc4c3)n2)cc1. The largest absolute Gasteiger partial charge is 0.309 e. The molecule has 9 aromatic carbocycles. The zero-order valence-electron chi connectivity index (χ0n) is 28.7. The normalized spacial score (nSPS) is 11.8. The second kappa shape index (κ2) is 11.7. The van der Waals surface area contributed by atoms with E-state index in [2.05, 4.69) is 187 Å². The molecule has 3 nitrogen and oxygen atoms in total. The van der Waals surface area contributed by atoms with Crippen LogP contribution >= 0.6 is 0 Å². The number of hydrogen-bond donors (Lipinski definition) is 0. The number of hydrogen-bond acceptors (Lipinski definition) is 2. The first kappa shape index (κ1) is 29.6. The minimum atomic E-state index is 0.717. The molecule has 2 aromatic heterocycles. The molecule has 0 atom stereocenters. The average Bonchev–Trinajstić information content (AvgIpc) is 3.59. The molecular weight excluding hydrogens is 643 g/mol. The second-order valence-electron chi connectivity index (χ2n) is 13.8. The first-order chi connectivity index (χ1) is 26.2. The van der Waals surface area contributed by atoms with Gasteiger partial charge in [0, 0.05) is 33.2 Å². The van der Waals surface area contributed by atoms with Crippen molar-refractivity contribution in [1.82, 2.24) is 14.5 Å². The first-order valence-electron chi connectivity index (χ1n) is 18.1. The zero-order valence-corrected chi connectivity index (χ0v) is 28.7. The van der Waals surface area contributed by atoms with Crippen molar-refractivity contribution in [2.45, 2.75) is 0 Å². The van der Waals surface area contributed by atoms with E-state index in [1.807, 2.05) is 6.07 Å². The molecule has 2 heterocycles. The molecule has 0 saturated carbocycles. The van der Waals surface area contributed by atoms with Crippen molar-refractivity contribution in [3.63, 3.8) is 0 Å². The summed E-state index contributed by atoms with van der Waals surface area (Å²) in [5.74, 6) is 0.717. The Balaban J connectivity index is 1.08. The average molecular weight is 674 g/mol. The molecule has 0 unspecified atom stereocenters.